The van der Waals surface area contributed by atoms with Gasteiger partial charge in [-0.1, -0.05) is 42.1 Å². The number of rotatable bonds is 4. The molecule has 3 rings (SSSR count). The topological polar surface area (TPSA) is 47.9 Å². The molecule has 27 heavy (non-hydrogen) atoms. The predicted molar refractivity (Wildman–Crippen MR) is 110 cm³/mol. The Kier molecular flexibility index (Phi) is 6.84. The first-order valence-corrected chi connectivity index (χ1v) is 9.85. The van der Waals surface area contributed by atoms with Crippen LogP contribution in [0, 0.1) is 5.82 Å². The lowest BCUT2D eigenvalue weighted by molar-refractivity contribution is -0.113. The van der Waals surface area contributed by atoms with E-state index in [0.717, 1.165) is 37.0 Å². The van der Waals surface area contributed by atoms with Gasteiger partial charge >= 0.3 is 0 Å². The Bertz CT molecular complexity index is 792. The number of amides is 1. The zero-order valence-corrected chi connectivity index (χ0v) is 16.1. The predicted octanol–water partition coefficient (Wildman–Crippen LogP) is 3.43. The van der Waals surface area contributed by atoms with E-state index >= 15 is 0 Å². The number of piperazine rings is 1. The van der Waals surface area contributed by atoms with Crippen LogP contribution >= 0.6 is 11.8 Å². The second-order valence-electron chi connectivity index (χ2n) is 6.34. The molecular formula is C20H23FN4OS. The normalized spacial score (nSPS) is 15.6. The van der Waals surface area contributed by atoms with Gasteiger partial charge in [0.15, 0.2) is 5.17 Å². The van der Waals surface area contributed by atoms with Crippen molar-refractivity contribution < 1.29 is 9.18 Å². The number of halogens is 1. The first-order valence-electron chi connectivity index (χ1n) is 8.86. The molecule has 0 unspecified atom stereocenters. The largest absolute Gasteiger partial charge is 0.349 e. The third-order valence-corrected chi connectivity index (χ3v) is 5.25. The van der Waals surface area contributed by atoms with Gasteiger partial charge in [-0.05, 0) is 31.3 Å². The Morgan fingerprint density at radius 1 is 1.07 bits per heavy atom. The van der Waals surface area contributed by atoms with Crippen LogP contribution in [0.5, 0.6) is 0 Å². The van der Waals surface area contributed by atoms with Gasteiger partial charge in [0, 0.05) is 26.2 Å². The molecule has 1 aliphatic heterocycles. The highest BCUT2D eigenvalue weighted by atomic mass is 32.2. The molecule has 0 spiro atoms. The number of thioether (sulfide) groups is 1. The van der Waals surface area contributed by atoms with Crippen LogP contribution < -0.4 is 5.32 Å². The van der Waals surface area contributed by atoms with E-state index in [4.69, 9.17) is 4.99 Å². The highest BCUT2D eigenvalue weighted by Crippen LogP contribution is 2.19. The zero-order valence-electron chi connectivity index (χ0n) is 15.3. The number of hydrogen-bond donors (Lipinski definition) is 1. The number of nitrogens with one attached hydrogen (secondary N) is 1. The van der Waals surface area contributed by atoms with Gasteiger partial charge in [-0.3, -0.25) is 4.79 Å². The van der Waals surface area contributed by atoms with Gasteiger partial charge < -0.3 is 15.1 Å². The van der Waals surface area contributed by atoms with E-state index in [9.17, 15) is 9.18 Å². The van der Waals surface area contributed by atoms with E-state index in [-0.39, 0.29) is 17.3 Å². The Labute approximate surface area is 163 Å². The molecule has 5 nitrogen and oxygen atoms in total. The molecular weight excluding hydrogens is 363 g/mol. The molecule has 0 radical (unpaired) electrons. The molecule has 1 fully saturated rings. The van der Waals surface area contributed by atoms with Crippen LogP contribution in [-0.4, -0.2) is 59.9 Å². The van der Waals surface area contributed by atoms with Crippen LogP contribution in [0.1, 0.15) is 0 Å². The lowest BCUT2D eigenvalue weighted by atomic mass is 10.3. The monoisotopic (exact) mass is 386 g/mol. The van der Waals surface area contributed by atoms with Crippen LogP contribution in [0.15, 0.2) is 59.6 Å². The number of benzene rings is 2. The molecule has 2 aromatic carbocycles. The van der Waals surface area contributed by atoms with E-state index in [0.29, 0.717) is 0 Å². The zero-order chi connectivity index (χ0) is 19.1. The van der Waals surface area contributed by atoms with Gasteiger partial charge in [-0.15, -0.1) is 0 Å². The summed E-state index contributed by atoms with van der Waals surface area (Å²) in [6, 6.07) is 15.9. The lowest BCUT2D eigenvalue weighted by Gasteiger charge is -2.34. The minimum absolute atomic E-state index is 0.173. The summed E-state index contributed by atoms with van der Waals surface area (Å²) in [5.74, 6) is -0.514. The summed E-state index contributed by atoms with van der Waals surface area (Å²) in [5.41, 5.74) is 1.05. The second-order valence-corrected chi connectivity index (χ2v) is 7.28. The third kappa shape index (κ3) is 5.80. The van der Waals surface area contributed by atoms with Crippen LogP contribution in [0.25, 0.3) is 0 Å². The minimum Gasteiger partial charge on any atom is -0.349 e. The maximum Gasteiger partial charge on any atom is 0.234 e. The maximum atomic E-state index is 13.7. The minimum atomic E-state index is -0.437. The summed E-state index contributed by atoms with van der Waals surface area (Å²) >= 11 is 1.38. The van der Waals surface area contributed by atoms with Crippen molar-refractivity contribution in [2.75, 3.05) is 44.3 Å². The highest BCUT2D eigenvalue weighted by Gasteiger charge is 2.19. The van der Waals surface area contributed by atoms with Crippen LogP contribution in [0.2, 0.25) is 0 Å². The van der Waals surface area contributed by atoms with Crippen LogP contribution in [-0.2, 0) is 4.79 Å². The molecule has 142 valence electrons. The first kappa shape index (κ1) is 19.4. The number of para-hydroxylation sites is 2. The maximum absolute atomic E-state index is 13.7. The fraction of sp³-hybridized carbons (Fsp3) is 0.300. The molecule has 1 saturated heterocycles. The van der Waals surface area contributed by atoms with Gasteiger partial charge in [0.1, 0.15) is 5.82 Å². The van der Waals surface area contributed by atoms with Gasteiger partial charge in [-0.25, -0.2) is 9.38 Å². The van der Waals surface area contributed by atoms with Crippen LogP contribution in [0.4, 0.5) is 15.8 Å². The molecule has 1 N–H and O–H groups in total. The summed E-state index contributed by atoms with van der Waals surface area (Å²) in [7, 11) is 2.10. The fourth-order valence-electron chi connectivity index (χ4n) is 2.68. The van der Waals surface area contributed by atoms with Crippen LogP contribution in [0.3, 0.4) is 0 Å². The first-order chi connectivity index (χ1) is 13.1. The number of hydrogen-bond acceptors (Lipinski definition) is 4. The van der Waals surface area contributed by atoms with E-state index in [1.807, 2.05) is 30.3 Å². The van der Waals surface area contributed by atoms with Crippen molar-refractivity contribution in [1.29, 1.82) is 0 Å². The average Bonchev–Trinajstić information content (AvgIpc) is 2.68. The van der Waals surface area contributed by atoms with Crippen molar-refractivity contribution in [2.24, 2.45) is 4.99 Å². The molecule has 0 atom stereocenters. The number of anilines is 1. The van der Waals surface area contributed by atoms with E-state index in [1.165, 1.54) is 17.8 Å². The summed E-state index contributed by atoms with van der Waals surface area (Å²) < 4.78 is 13.7. The Morgan fingerprint density at radius 3 is 2.44 bits per heavy atom. The van der Waals surface area contributed by atoms with Gasteiger partial charge in [0.2, 0.25) is 5.91 Å². The molecule has 2 aromatic rings. The fourth-order valence-corrected chi connectivity index (χ4v) is 3.55. The quantitative estimate of drug-likeness (QED) is 0.646. The molecule has 0 bridgehead atoms. The van der Waals surface area contributed by atoms with Gasteiger partial charge in [0.25, 0.3) is 0 Å². The summed E-state index contributed by atoms with van der Waals surface area (Å²) in [6.07, 6.45) is 0. The molecule has 0 aliphatic carbocycles. The number of aliphatic imine (C=N–C) groups is 1. The highest BCUT2D eigenvalue weighted by molar-refractivity contribution is 8.14. The van der Waals surface area contributed by atoms with E-state index in [1.54, 1.807) is 18.2 Å². The van der Waals surface area contributed by atoms with Gasteiger partial charge in [0.05, 0.1) is 17.1 Å². The standard InChI is InChI=1S/C20H23FN4OS/c1-24-11-13-25(14-12-24)20(22-16-7-3-2-4-8-16)27-15-19(26)23-18-10-6-5-9-17(18)21/h2-10H,11-15H2,1H3,(H,23,26). The summed E-state index contributed by atoms with van der Waals surface area (Å²) in [5, 5.41) is 3.44. The smallest absolute Gasteiger partial charge is 0.234 e. The Hall–Kier alpha value is -2.38. The van der Waals surface area contributed by atoms with Crippen molar-refractivity contribution in [3.05, 3.63) is 60.4 Å². The number of carbonyl (C=O) groups excluding carboxylic acids is 1. The molecule has 7 heteroatoms. The number of likely N-dealkylation sites (N-methyl/N-ethyl adjacent to an activating group) is 1. The van der Waals surface area contributed by atoms with Crippen molar-refractivity contribution in [1.82, 2.24) is 9.80 Å². The number of nitrogens with zero attached hydrogens (tertiary/aromatic N) is 3. The van der Waals surface area contributed by atoms with E-state index < -0.39 is 5.82 Å². The molecule has 0 saturated carbocycles. The Balaban J connectivity index is 1.67. The Morgan fingerprint density at radius 2 is 1.74 bits per heavy atom. The van der Waals surface area contributed by atoms with Crippen molar-refractivity contribution in [3.8, 4) is 0 Å². The summed E-state index contributed by atoms with van der Waals surface area (Å²) in [4.78, 5) is 21.5. The van der Waals surface area contributed by atoms with Crippen molar-refractivity contribution in [3.63, 3.8) is 0 Å². The number of amidine groups is 1. The van der Waals surface area contributed by atoms with Crippen molar-refractivity contribution >= 4 is 34.2 Å². The molecule has 1 aliphatic rings. The summed E-state index contributed by atoms with van der Waals surface area (Å²) in [6.45, 7) is 3.64. The van der Waals surface area contributed by atoms with Crippen molar-refractivity contribution in [2.45, 2.75) is 0 Å². The SMILES string of the molecule is CN1CCN(C(=Nc2ccccc2)SCC(=O)Nc2ccccc2F)CC1. The molecule has 0 aromatic heterocycles. The second kappa shape index (κ2) is 9.53. The molecule has 1 amide bonds. The third-order valence-electron chi connectivity index (χ3n) is 4.24. The molecule has 1 heterocycles. The lowest BCUT2D eigenvalue weighted by Crippen LogP contribution is -2.46. The average molecular weight is 386 g/mol. The number of carbonyl (C=O) groups is 1. The van der Waals surface area contributed by atoms with E-state index in [2.05, 4.69) is 22.2 Å². The van der Waals surface area contributed by atoms with Gasteiger partial charge in [-0.2, -0.15) is 0 Å².